The molecule has 1 saturated heterocycles. The third-order valence-electron chi connectivity index (χ3n) is 7.12. The number of aliphatic hydroxyl groups is 1. The average molecular weight is 472 g/mol. The molecular weight excluding hydrogens is 439 g/mol. The van der Waals surface area contributed by atoms with Crippen molar-refractivity contribution in [3.63, 3.8) is 0 Å². The Hall–Kier alpha value is -1.91. The van der Waals surface area contributed by atoms with Crippen molar-refractivity contribution in [2.75, 3.05) is 26.3 Å². The summed E-state index contributed by atoms with van der Waals surface area (Å²) in [5, 5.41) is 14.0. The summed E-state index contributed by atoms with van der Waals surface area (Å²) in [6.45, 7) is 4.73. The molecule has 0 bridgehead atoms. The molecule has 0 radical (unpaired) electrons. The molecule has 2 aliphatic heterocycles. The van der Waals surface area contributed by atoms with E-state index in [1.807, 2.05) is 0 Å². The molecule has 3 aliphatic rings. The molecule has 1 aliphatic carbocycles. The van der Waals surface area contributed by atoms with E-state index in [1.165, 1.54) is 6.07 Å². The van der Waals surface area contributed by atoms with E-state index in [0.717, 1.165) is 45.2 Å². The predicted molar refractivity (Wildman–Crippen MR) is 113 cm³/mol. The van der Waals surface area contributed by atoms with Crippen molar-refractivity contribution >= 4 is 5.91 Å². The number of alkyl halides is 3. The number of amides is 1. The van der Waals surface area contributed by atoms with Crippen LogP contribution in [-0.2, 0) is 22.5 Å². The van der Waals surface area contributed by atoms with Crippen LogP contribution in [0.5, 0.6) is 5.75 Å². The zero-order valence-electron chi connectivity index (χ0n) is 18.8. The number of nitrogens with zero attached hydrogens (tertiary/aromatic N) is 2. The van der Waals surface area contributed by atoms with Crippen molar-refractivity contribution in [3.8, 4) is 5.75 Å². The first-order chi connectivity index (χ1) is 15.7. The van der Waals surface area contributed by atoms with Gasteiger partial charge in [0.05, 0.1) is 12.3 Å². The van der Waals surface area contributed by atoms with Gasteiger partial charge in [-0.05, 0) is 62.6 Å². The summed E-state index contributed by atoms with van der Waals surface area (Å²) in [6, 6.07) is 1.74. The van der Waals surface area contributed by atoms with Crippen molar-refractivity contribution in [1.29, 1.82) is 0 Å². The maximum Gasteiger partial charge on any atom is 0.573 e. The van der Waals surface area contributed by atoms with Gasteiger partial charge in [-0.15, -0.1) is 13.2 Å². The molecule has 1 aromatic rings. The minimum Gasteiger partial charge on any atom is -0.404 e. The fourth-order valence-electron chi connectivity index (χ4n) is 5.41. The molecule has 2 unspecified atom stereocenters. The normalized spacial score (nSPS) is 27.3. The number of aliphatic hydroxyl groups excluding tert-OH is 1. The molecule has 4 rings (SSSR count). The van der Waals surface area contributed by atoms with Gasteiger partial charge in [0.2, 0.25) is 5.91 Å². The third kappa shape index (κ3) is 6.16. The largest absolute Gasteiger partial charge is 0.573 e. The Balaban J connectivity index is 1.39. The lowest BCUT2D eigenvalue weighted by Gasteiger charge is -2.33. The molecule has 3 heterocycles. The van der Waals surface area contributed by atoms with E-state index in [9.17, 15) is 23.1 Å². The fourth-order valence-corrected chi connectivity index (χ4v) is 5.41. The van der Waals surface area contributed by atoms with Crippen LogP contribution in [0, 0.1) is 17.8 Å². The Bertz CT molecular complexity index is 830. The first-order valence-electron chi connectivity index (χ1n) is 11.7. The van der Waals surface area contributed by atoms with Crippen LogP contribution in [0.1, 0.15) is 43.9 Å². The van der Waals surface area contributed by atoms with Crippen LogP contribution in [0.4, 0.5) is 13.2 Å². The van der Waals surface area contributed by atoms with E-state index >= 15 is 0 Å². The molecule has 10 heteroatoms. The van der Waals surface area contributed by atoms with Gasteiger partial charge in [-0.25, -0.2) is 0 Å². The second kappa shape index (κ2) is 10.1. The second-order valence-electron chi connectivity index (χ2n) is 9.48. The number of fused-ring (bicyclic) bond motifs is 1. The van der Waals surface area contributed by atoms with Crippen molar-refractivity contribution < 1.29 is 32.5 Å². The molecule has 33 heavy (non-hydrogen) atoms. The molecule has 1 saturated carbocycles. The Morgan fingerprint density at radius 1 is 1.36 bits per heavy atom. The maximum atomic E-state index is 13.4. The van der Waals surface area contributed by atoms with E-state index in [0.29, 0.717) is 42.6 Å². The summed E-state index contributed by atoms with van der Waals surface area (Å²) in [5.74, 6) is -0.541. The van der Waals surface area contributed by atoms with Crippen LogP contribution in [-0.4, -0.2) is 65.7 Å². The van der Waals surface area contributed by atoms with Crippen molar-refractivity contribution in [2.45, 2.75) is 64.1 Å². The average Bonchev–Trinajstić information content (AvgIpc) is 3.21. The highest BCUT2D eigenvalue weighted by Crippen LogP contribution is 2.40. The summed E-state index contributed by atoms with van der Waals surface area (Å²) < 4.78 is 47.1. The molecule has 1 amide bonds. The van der Waals surface area contributed by atoms with Crippen LogP contribution < -0.4 is 10.1 Å². The first kappa shape index (κ1) is 24.2. The third-order valence-corrected chi connectivity index (χ3v) is 7.12. The number of nitrogens with one attached hydrogen (secondary N) is 1. The number of carbonyl (C=O) groups is 1. The molecule has 7 nitrogen and oxygen atoms in total. The Morgan fingerprint density at radius 2 is 2.12 bits per heavy atom. The summed E-state index contributed by atoms with van der Waals surface area (Å²) in [6.07, 6.45) is -0.399. The lowest BCUT2D eigenvalue weighted by molar-refractivity contribution is -0.274. The van der Waals surface area contributed by atoms with E-state index < -0.39 is 12.5 Å². The molecule has 1 aromatic heterocycles. The quantitative estimate of drug-likeness (QED) is 0.664. The van der Waals surface area contributed by atoms with Crippen LogP contribution in [0.3, 0.4) is 0 Å². The molecule has 2 fully saturated rings. The highest BCUT2D eigenvalue weighted by atomic mass is 19.4. The molecule has 0 aromatic carbocycles. The van der Waals surface area contributed by atoms with Gasteiger partial charge in [0.1, 0.15) is 5.75 Å². The smallest absolute Gasteiger partial charge is 0.404 e. The lowest BCUT2D eigenvalue weighted by atomic mass is 9.89. The number of hydrogen-bond donors (Lipinski definition) is 2. The molecular formula is C23H32F3N3O4. The number of carbonyl (C=O) groups excluding carboxylic acids is 1. The fraction of sp³-hybridized carbons (Fsp3) is 0.739. The number of ether oxygens (including phenoxy) is 2. The van der Waals surface area contributed by atoms with Gasteiger partial charge in [0, 0.05) is 50.4 Å². The van der Waals surface area contributed by atoms with Crippen molar-refractivity contribution in [1.82, 2.24) is 15.2 Å². The summed E-state index contributed by atoms with van der Waals surface area (Å²) in [4.78, 5) is 19.2. The predicted octanol–water partition coefficient (Wildman–Crippen LogP) is 2.66. The van der Waals surface area contributed by atoms with Crippen molar-refractivity contribution in [3.05, 3.63) is 23.5 Å². The molecule has 4 atom stereocenters. The SMILES string of the molecule is CC(O)C1C[C@@H](CNC2CCOCC2)C[C@H]1C(=O)N1CCc2ncc(OC(F)(F)F)cc2C1. The molecule has 184 valence electrons. The van der Waals surface area contributed by atoms with Gasteiger partial charge in [0.15, 0.2) is 0 Å². The monoisotopic (exact) mass is 471 g/mol. The summed E-state index contributed by atoms with van der Waals surface area (Å²) in [7, 11) is 0. The number of halogens is 3. The Labute approximate surface area is 191 Å². The van der Waals surface area contributed by atoms with Crippen LogP contribution >= 0.6 is 0 Å². The summed E-state index contributed by atoms with van der Waals surface area (Å²) >= 11 is 0. The minimum atomic E-state index is -4.79. The van der Waals surface area contributed by atoms with Crippen molar-refractivity contribution in [2.24, 2.45) is 17.8 Å². The molecule has 2 N–H and O–H groups in total. The maximum absolute atomic E-state index is 13.4. The number of hydrogen-bond acceptors (Lipinski definition) is 6. The zero-order valence-corrected chi connectivity index (χ0v) is 18.8. The first-order valence-corrected chi connectivity index (χ1v) is 11.7. The van der Waals surface area contributed by atoms with Gasteiger partial charge >= 0.3 is 6.36 Å². The van der Waals surface area contributed by atoms with Gasteiger partial charge in [-0.3, -0.25) is 9.78 Å². The second-order valence-corrected chi connectivity index (χ2v) is 9.48. The zero-order chi connectivity index (χ0) is 23.6. The van der Waals surface area contributed by atoms with E-state index in [-0.39, 0.29) is 30.0 Å². The number of pyridine rings is 1. The van der Waals surface area contributed by atoms with Crippen LogP contribution in [0.2, 0.25) is 0 Å². The number of aromatic nitrogens is 1. The highest BCUT2D eigenvalue weighted by molar-refractivity contribution is 5.80. The van der Waals surface area contributed by atoms with E-state index in [4.69, 9.17) is 4.74 Å². The highest BCUT2D eigenvalue weighted by Gasteiger charge is 2.43. The van der Waals surface area contributed by atoms with Gasteiger partial charge in [0.25, 0.3) is 0 Å². The summed E-state index contributed by atoms with van der Waals surface area (Å²) in [5.41, 5.74) is 1.26. The van der Waals surface area contributed by atoms with E-state index in [2.05, 4.69) is 15.0 Å². The van der Waals surface area contributed by atoms with Gasteiger partial charge < -0.3 is 24.8 Å². The Kier molecular flexibility index (Phi) is 7.45. The topological polar surface area (TPSA) is 83.9 Å². The Morgan fingerprint density at radius 3 is 2.82 bits per heavy atom. The standard InChI is InChI=1S/C23H32F3N3O4/c1-14(30)19-8-15(11-27-17-3-6-32-7-4-17)9-20(19)22(31)29-5-2-21-16(13-29)10-18(12-28-21)33-23(24,25)26/h10,12,14-15,17,19-20,27,30H,2-9,11,13H2,1H3/t14?,15-,19?,20-/m1/s1. The van der Waals surface area contributed by atoms with Gasteiger partial charge in [-0.1, -0.05) is 0 Å². The van der Waals surface area contributed by atoms with Crippen LogP contribution in [0.25, 0.3) is 0 Å². The number of rotatable bonds is 6. The van der Waals surface area contributed by atoms with E-state index in [1.54, 1.807) is 11.8 Å². The molecule has 0 spiro atoms. The lowest BCUT2D eigenvalue weighted by Crippen LogP contribution is -2.42. The van der Waals surface area contributed by atoms with Gasteiger partial charge in [-0.2, -0.15) is 0 Å². The van der Waals surface area contributed by atoms with Crippen LogP contribution in [0.15, 0.2) is 12.3 Å². The minimum absolute atomic E-state index is 0.0396.